The summed E-state index contributed by atoms with van der Waals surface area (Å²) < 4.78 is 6.82. The lowest BCUT2D eigenvalue weighted by Crippen LogP contribution is -1.98. The van der Waals surface area contributed by atoms with Crippen molar-refractivity contribution in [2.75, 3.05) is 0 Å². The average Bonchev–Trinajstić information content (AvgIpc) is 3.88. The summed E-state index contributed by atoms with van der Waals surface area (Å²) in [5.41, 5.74) is 12.4. The Bertz CT molecular complexity index is 3400. The minimum absolute atomic E-state index is 0.593. The summed E-state index contributed by atoms with van der Waals surface area (Å²) in [6.45, 7) is 8.58. The standard InChI is InChI=1S/C50H29N5/c1-52-50-36(33-22-24-34(25-23-33)53-43-16-6-4-13-39(43)41-27-21-32(31-51)29-48(41)53)15-10-20-47(50)55-46-19-9-5-14-40(46)42-28-26-35(30-49(42)55)54-44-17-7-2-11-37(44)38-12-3-8-18-45(38)54/h2-30H. The number of hydrogen-bond acceptors (Lipinski definition) is 1. The molecule has 0 fully saturated rings. The van der Waals surface area contributed by atoms with Crippen LogP contribution in [0.2, 0.25) is 0 Å². The summed E-state index contributed by atoms with van der Waals surface area (Å²) in [7, 11) is 0. The number of rotatable bonds is 4. The summed E-state index contributed by atoms with van der Waals surface area (Å²) in [6.07, 6.45) is 0. The van der Waals surface area contributed by atoms with E-state index in [2.05, 4.69) is 170 Å². The van der Waals surface area contributed by atoms with Crippen molar-refractivity contribution in [1.82, 2.24) is 13.7 Å². The number of hydrogen-bond donors (Lipinski definition) is 0. The van der Waals surface area contributed by atoms with Crippen LogP contribution in [0.5, 0.6) is 0 Å². The fourth-order valence-electron chi connectivity index (χ4n) is 8.73. The summed E-state index contributed by atoms with van der Waals surface area (Å²) in [5, 5.41) is 16.7. The van der Waals surface area contributed by atoms with Gasteiger partial charge in [0.2, 0.25) is 5.69 Å². The second kappa shape index (κ2) is 11.8. The number of nitrogens with zero attached hydrogens (tertiary/aromatic N) is 5. The Hall–Kier alpha value is -7.86. The van der Waals surface area contributed by atoms with Crippen LogP contribution in [0.25, 0.3) is 98.5 Å². The second-order valence-electron chi connectivity index (χ2n) is 14.0. The van der Waals surface area contributed by atoms with E-state index in [0.717, 1.165) is 82.8 Å². The van der Waals surface area contributed by atoms with Crippen molar-refractivity contribution in [2.45, 2.75) is 0 Å². The number of para-hydroxylation sites is 5. The van der Waals surface area contributed by atoms with E-state index in [1.807, 2.05) is 30.3 Å². The van der Waals surface area contributed by atoms with Gasteiger partial charge >= 0.3 is 0 Å². The fourth-order valence-corrected chi connectivity index (χ4v) is 8.73. The molecule has 254 valence electrons. The van der Waals surface area contributed by atoms with E-state index in [1.54, 1.807) is 0 Å². The average molecular weight is 700 g/mol. The molecule has 5 heteroatoms. The topological polar surface area (TPSA) is 42.9 Å². The molecule has 0 aliphatic rings. The first-order valence-electron chi connectivity index (χ1n) is 18.3. The van der Waals surface area contributed by atoms with Crippen molar-refractivity contribution in [3.05, 3.63) is 193 Å². The van der Waals surface area contributed by atoms with Gasteiger partial charge in [0.1, 0.15) is 0 Å². The summed E-state index contributed by atoms with van der Waals surface area (Å²) >= 11 is 0. The van der Waals surface area contributed by atoms with Gasteiger partial charge in [-0.1, -0.05) is 109 Å². The van der Waals surface area contributed by atoms with Crippen LogP contribution in [-0.4, -0.2) is 13.7 Å². The van der Waals surface area contributed by atoms with Gasteiger partial charge in [0.25, 0.3) is 0 Å². The van der Waals surface area contributed by atoms with Crippen molar-refractivity contribution in [3.8, 4) is 34.3 Å². The van der Waals surface area contributed by atoms with Gasteiger partial charge in [-0.2, -0.15) is 5.26 Å². The van der Waals surface area contributed by atoms with Crippen molar-refractivity contribution < 1.29 is 0 Å². The molecule has 0 radical (unpaired) electrons. The molecule has 3 aromatic heterocycles. The Balaban J connectivity index is 1.10. The van der Waals surface area contributed by atoms with Crippen LogP contribution in [0, 0.1) is 17.9 Å². The van der Waals surface area contributed by atoms with Crippen molar-refractivity contribution in [2.24, 2.45) is 0 Å². The van der Waals surface area contributed by atoms with Gasteiger partial charge < -0.3 is 13.7 Å². The van der Waals surface area contributed by atoms with Gasteiger partial charge in [0.05, 0.1) is 57.0 Å². The molecule has 0 amide bonds. The Morgan fingerprint density at radius 1 is 0.418 bits per heavy atom. The van der Waals surface area contributed by atoms with E-state index in [1.165, 1.54) is 10.8 Å². The third-order valence-electron chi connectivity index (χ3n) is 11.1. The van der Waals surface area contributed by atoms with Gasteiger partial charge in [0, 0.05) is 43.7 Å². The van der Waals surface area contributed by atoms with Gasteiger partial charge in [-0.05, 0) is 77.9 Å². The minimum atomic E-state index is 0.593. The maximum Gasteiger partial charge on any atom is 0.218 e. The normalized spacial score (nSPS) is 11.6. The second-order valence-corrected chi connectivity index (χ2v) is 14.0. The number of fused-ring (bicyclic) bond motifs is 9. The third kappa shape index (κ3) is 4.45. The molecule has 0 saturated heterocycles. The molecule has 0 atom stereocenters. The van der Waals surface area contributed by atoms with E-state index in [-0.39, 0.29) is 0 Å². The monoisotopic (exact) mass is 699 g/mol. The molecule has 0 spiro atoms. The summed E-state index contributed by atoms with van der Waals surface area (Å²) in [6, 6.07) is 63.4. The molecule has 0 unspecified atom stereocenters. The predicted octanol–water partition coefficient (Wildman–Crippen LogP) is 13.1. The number of aromatic nitrogens is 3. The first kappa shape index (κ1) is 30.7. The highest BCUT2D eigenvalue weighted by Gasteiger charge is 2.20. The summed E-state index contributed by atoms with van der Waals surface area (Å²) in [5.74, 6) is 0. The molecule has 0 saturated carbocycles. The van der Waals surface area contributed by atoms with Gasteiger partial charge in [-0.25, -0.2) is 4.85 Å². The first-order chi connectivity index (χ1) is 27.2. The van der Waals surface area contributed by atoms with E-state index in [0.29, 0.717) is 11.3 Å². The zero-order chi connectivity index (χ0) is 36.6. The van der Waals surface area contributed by atoms with Crippen LogP contribution in [0.3, 0.4) is 0 Å². The van der Waals surface area contributed by atoms with Gasteiger partial charge in [-0.15, -0.1) is 0 Å². The molecule has 55 heavy (non-hydrogen) atoms. The molecule has 3 heterocycles. The molecule has 0 bridgehead atoms. The molecule has 8 aromatic carbocycles. The van der Waals surface area contributed by atoms with E-state index < -0.39 is 0 Å². The molecule has 0 aliphatic heterocycles. The molecule has 11 rings (SSSR count). The minimum Gasteiger partial charge on any atom is -0.319 e. The molecule has 11 aromatic rings. The third-order valence-corrected chi connectivity index (χ3v) is 11.1. The first-order valence-corrected chi connectivity index (χ1v) is 18.3. The van der Waals surface area contributed by atoms with Crippen LogP contribution >= 0.6 is 0 Å². The SMILES string of the molecule is [C-]#[N+]c1c(-c2ccc(-n3c4ccccc4c4ccc(C#N)cc43)cc2)cccc1-n1c2ccccc2c2ccc(-n3c4ccccc4c4ccccc43)cc21. The number of benzene rings is 8. The van der Waals surface area contributed by atoms with Crippen molar-refractivity contribution >= 4 is 71.1 Å². The van der Waals surface area contributed by atoms with Gasteiger partial charge in [0.15, 0.2) is 0 Å². The maximum atomic E-state index is 9.70. The Morgan fingerprint density at radius 3 is 1.45 bits per heavy atom. The Morgan fingerprint density at radius 2 is 0.891 bits per heavy atom. The highest BCUT2D eigenvalue weighted by molar-refractivity contribution is 6.13. The van der Waals surface area contributed by atoms with Crippen LogP contribution in [0.1, 0.15) is 5.56 Å². The lowest BCUT2D eigenvalue weighted by atomic mass is 10.0. The predicted molar refractivity (Wildman–Crippen MR) is 226 cm³/mol. The zero-order valence-electron chi connectivity index (χ0n) is 29.5. The smallest absolute Gasteiger partial charge is 0.218 e. The summed E-state index contributed by atoms with van der Waals surface area (Å²) in [4.78, 5) is 4.23. The lowest BCUT2D eigenvalue weighted by molar-refractivity contribution is 1.16. The van der Waals surface area contributed by atoms with Crippen LogP contribution in [-0.2, 0) is 0 Å². The largest absolute Gasteiger partial charge is 0.319 e. The molecular weight excluding hydrogens is 671 g/mol. The maximum absolute atomic E-state index is 9.70. The zero-order valence-corrected chi connectivity index (χ0v) is 29.5. The van der Waals surface area contributed by atoms with Crippen LogP contribution < -0.4 is 0 Å². The molecule has 5 nitrogen and oxygen atoms in total. The quantitative estimate of drug-likeness (QED) is 0.169. The fraction of sp³-hybridized carbons (Fsp3) is 0. The molecule has 0 aliphatic carbocycles. The van der Waals surface area contributed by atoms with E-state index in [4.69, 9.17) is 6.57 Å². The van der Waals surface area contributed by atoms with Crippen LogP contribution in [0.4, 0.5) is 5.69 Å². The van der Waals surface area contributed by atoms with Crippen LogP contribution in [0.15, 0.2) is 176 Å². The lowest BCUT2D eigenvalue weighted by Gasteiger charge is -2.15. The Kier molecular flexibility index (Phi) is 6.61. The van der Waals surface area contributed by atoms with Crippen molar-refractivity contribution in [3.63, 3.8) is 0 Å². The van der Waals surface area contributed by atoms with E-state index in [9.17, 15) is 5.26 Å². The van der Waals surface area contributed by atoms with Gasteiger partial charge in [-0.3, -0.25) is 0 Å². The van der Waals surface area contributed by atoms with E-state index >= 15 is 0 Å². The number of nitriles is 1. The highest BCUT2D eigenvalue weighted by Crippen LogP contribution is 2.42. The Labute approximate surface area is 316 Å². The van der Waals surface area contributed by atoms with Crippen molar-refractivity contribution in [1.29, 1.82) is 5.26 Å². The highest BCUT2D eigenvalue weighted by atomic mass is 15.0. The molecular formula is C50H29N5. The molecule has 0 N–H and O–H groups in total.